The van der Waals surface area contributed by atoms with Crippen LogP contribution in [0.15, 0.2) is 24.5 Å². The Bertz CT molecular complexity index is 1280. The van der Waals surface area contributed by atoms with Gasteiger partial charge in [-0.2, -0.15) is 15.5 Å². The van der Waals surface area contributed by atoms with Crippen molar-refractivity contribution < 1.29 is 13.2 Å². The summed E-state index contributed by atoms with van der Waals surface area (Å²) in [6, 6.07) is 5.34. The summed E-state index contributed by atoms with van der Waals surface area (Å²) in [7, 11) is -3.90. The lowest BCUT2D eigenvalue weighted by Crippen LogP contribution is -2.20. The summed E-state index contributed by atoms with van der Waals surface area (Å²) in [5.41, 5.74) is 7.00. The van der Waals surface area contributed by atoms with Gasteiger partial charge in [0.2, 0.25) is 10.0 Å². The lowest BCUT2D eigenvalue weighted by molar-refractivity contribution is 0.0993. The average molecular weight is 443 g/mol. The molecule has 4 rings (SSSR count). The van der Waals surface area contributed by atoms with Crippen LogP contribution in [0.25, 0.3) is 16.8 Å². The summed E-state index contributed by atoms with van der Waals surface area (Å²) >= 11 is 0. The maximum atomic E-state index is 11.8. The van der Waals surface area contributed by atoms with Gasteiger partial charge in [-0.05, 0) is 30.9 Å². The minimum absolute atomic E-state index is 0.0454. The lowest BCUT2D eigenvalue weighted by Gasteiger charge is -2.21. The van der Waals surface area contributed by atoms with E-state index in [9.17, 15) is 18.5 Å². The topological polar surface area (TPSA) is 175 Å². The fourth-order valence-corrected chi connectivity index (χ4v) is 4.72. The molecule has 3 aromatic heterocycles. The van der Waals surface area contributed by atoms with Crippen molar-refractivity contribution in [3.8, 4) is 17.3 Å². The number of aromatic nitrogens is 5. The molecular weight excluding hydrogens is 420 g/mol. The first kappa shape index (κ1) is 21.0. The molecule has 3 aromatic rings. The van der Waals surface area contributed by atoms with E-state index in [2.05, 4.69) is 21.3 Å². The van der Waals surface area contributed by atoms with Gasteiger partial charge in [0.15, 0.2) is 5.82 Å². The number of carbonyl (C=O) groups excluding carboxylic acids is 1. The first-order valence-electron chi connectivity index (χ1n) is 9.87. The first-order chi connectivity index (χ1) is 14.8. The Morgan fingerprint density at radius 1 is 1.32 bits per heavy atom. The molecule has 3 heterocycles. The molecule has 11 nitrogen and oxygen atoms in total. The van der Waals surface area contributed by atoms with Crippen LogP contribution in [0.5, 0.6) is 0 Å². The maximum Gasteiger partial charge on any atom is 0.267 e. The highest BCUT2D eigenvalue weighted by Crippen LogP contribution is 2.36. The third kappa shape index (κ3) is 4.28. The molecule has 1 atom stereocenters. The predicted molar refractivity (Wildman–Crippen MR) is 111 cm³/mol. The van der Waals surface area contributed by atoms with E-state index in [-0.39, 0.29) is 17.6 Å². The minimum Gasteiger partial charge on any atom is -0.364 e. The number of primary amides is 1. The Hall–Kier alpha value is -3.30. The normalized spacial score (nSPS) is 15.9. The molecule has 1 aliphatic rings. The molecule has 0 saturated heterocycles. The Kier molecular flexibility index (Phi) is 5.47. The number of sulfonamides is 1. The lowest BCUT2D eigenvalue weighted by atomic mass is 9.96. The molecule has 4 N–H and O–H groups in total. The third-order valence-electron chi connectivity index (χ3n) is 5.60. The van der Waals surface area contributed by atoms with Crippen LogP contribution in [0.3, 0.4) is 0 Å². The van der Waals surface area contributed by atoms with Crippen molar-refractivity contribution in [1.82, 2.24) is 24.4 Å². The van der Waals surface area contributed by atoms with E-state index in [0.29, 0.717) is 29.1 Å². The second-order valence-electron chi connectivity index (χ2n) is 7.75. The monoisotopic (exact) mass is 442 g/mol. The number of fused-ring (bicyclic) bond motifs is 1. The van der Waals surface area contributed by atoms with Gasteiger partial charge >= 0.3 is 0 Å². The zero-order chi connectivity index (χ0) is 22.2. The number of nitrogens with zero attached hydrogens (tertiary/aromatic N) is 6. The number of primary sulfonamides is 1. The second kappa shape index (κ2) is 8.09. The van der Waals surface area contributed by atoms with Gasteiger partial charge in [0.25, 0.3) is 5.91 Å². The molecule has 1 fully saturated rings. The maximum absolute atomic E-state index is 11.8. The Morgan fingerprint density at radius 2 is 2.06 bits per heavy atom. The predicted octanol–water partition coefficient (Wildman–Crippen LogP) is 1.13. The van der Waals surface area contributed by atoms with Gasteiger partial charge in [-0.25, -0.2) is 23.1 Å². The van der Waals surface area contributed by atoms with Crippen LogP contribution < -0.4 is 10.9 Å². The van der Waals surface area contributed by atoms with Crippen molar-refractivity contribution in [2.45, 2.75) is 43.9 Å². The molecule has 1 amide bonds. The van der Waals surface area contributed by atoms with Gasteiger partial charge in [0.05, 0.1) is 30.2 Å². The summed E-state index contributed by atoms with van der Waals surface area (Å²) in [6.07, 6.45) is 8.14. The standard InChI is InChI=1S/C19H22N8O3S/c20-8-7-14(12-3-1-2-4-12)26-10-13(9-23-26)18-15-5-6-16(19(21)28)27(15)25-17(24-18)11-31(22,29)30/h5-6,9-10,12,14H,1-4,7,11H2,(H2,21,28)(H2,22,29,30). The van der Waals surface area contributed by atoms with Gasteiger partial charge in [0.1, 0.15) is 17.1 Å². The second-order valence-corrected chi connectivity index (χ2v) is 9.36. The Morgan fingerprint density at radius 3 is 2.71 bits per heavy atom. The van der Waals surface area contributed by atoms with Crippen LogP contribution >= 0.6 is 0 Å². The van der Waals surface area contributed by atoms with E-state index in [1.807, 2.05) is 0 Å². The molecule has 12 heteroatoms. The summed E-state index contributed by atoms with van der Waals surface area (Å²) in [4.78, 5) is 16.2. The first-order valence-corrected chi connectivity index (χ1v) is 11.6. The number of nitriles is 1. The number of nitrogens with two attached hydrogens (primary N) is 2. The van der Waals surface area contributed by atoms with Gasteiger partial charge in [0, 0.05) is 11.8 Å². The van der Waals surface area contributed by atoms with E-state index < -0.39 is 21.7 Å². The molecule has 162 valence electrons. The van der Waals surface area contributed by atoms with E-state index in [1.165, 1.54) is 10.6 Å². The van der Waals surface area contributed by atoms with Crippen molar-refractivity contribution in [3.63, 3.8) is 0 Å². The van der Waals surface area contributed by atoms with Gasteiger partial charge in [-0.15, -0.1) is 0 Å². The van der Waals surface area contributed by atoms with Crippen molar-refractivity contribution in [2.24, 2.45) is 16.8 Å². The van der Waals surface area contributed by atoms with Gasteiger partial charge in [-0.3, -0.25) is 9.48 Å². The summed E-state index contributed by atoms with van der Waals surface area (Å²) in [6.45, 7) is 0. The van der Waals surface area contributed by atoms with Crippen molar-refractivity contribution in [1.29, 1.82) is 5.26 Å². The van der Waals surface area contributed by atoms with E-state index in [1.54, 1.807) is 23.1 Å². The van der Waals surface area contributed by atoms with E-state index in [0.717, 1.165) is 25.7 Å². The zero-order valence-corrected chi connectivity index (χ0v) is 17.5. The molecule has 31 heavy (non-hydrogen) atoms. The number of hydrogen-bond acceptors (Lipinski definition) is 7. The summed E-state index contributed by atoms with van der Waals surface area (Å²) < 4.78 is 26.3. The Labute approximate surface area is 178 Å². The number of carbonyl (C=O) groups is 1. The van der Waals surface area contributed by atoms with Crippen molar-refractivity contribution in [2.75, 3.05) is 0 Å². The highest BCUT2D eigenvalue weighted by molar-refractivity contribution is 7.88. The molecule has 1 saturated carbocycles. The largest absolute Gasteiger partial charge is 0.364 e. The van der Waals surface area contributed by atoms with E-state index in [4.69, 9.17) is 10.9 Å². The molecule has 0 bridgehead atoms. The zero-order valence-electron chi connectivity index (χ0n) is 16.7. The van der Waals surface area contributed by atoms with Crippen molar-refractivity contribution in [3.05, 3.63) is 36.0 Å². The van der Waals surface area contributed by atoms with Crippen LogP contribution in [0.2, 0.25) is 0 Å². The van der Waals surface area contributed by atoms with Gasteiger partial charge < -0.3 is 5.73 Å². The van der Waals surface area contributed by atoms with Gasteiger partial charge in [-0.1, -0.05) is 12.8 Å². The van der Waals surface area contributed by atoms with E-state index >= 15 is 0 Å². The third-order valence-corrected chi connectivity index (χ3v) is 6.26. The molecule has 0 aromatic carbocycles. The molecule has 0 radical (unpaired) electrons. The average Bonchev–Trinajstić information content (AvgIpc) is 3.43. The molecule has 0 spiro atoms. The highest BCUT2D eigenvalue weighted by atomic mass is 32.2. The van der Waals surface area contributed by atoms with Crippen LogP contribution in [0, 0.1) is 17.2 Å². The number of rotatable bonds is 7. The minimum atomic E-state index is -3.90. The molecule has 0 aliphatic heterocycles. The van der Waals surface area contributed by atoms with Crippen molar-refractivity contribution >= 4 is 21.4 Å². The molecule has 1 aliphatic carbocycles. The van der Waals surface area contributed by atoms with Crippen LogP contribution in [0.4, 0.5) is 0 Å². The smallest absolute Gasteiger partial charge is 0.267 e. The molecular formula is C19H22N8O3S. The SMILES string of the molecule is N#CCC(C1CCCC1)n1cc(-c2nc(CS(N)(=O)=O)nn3c(C(N)=O)ccc23)cn1. The summed E-state index contributed by atoms with van der Waals surface area (Å²) in [5, 5.41) is 23.1. The van der Waals surface area contributed by atoms with Crippen LogP contribution in [0.1, 0.15) is 54.5 Å². The Balaban J connectivity index is 1.82. The van der Waals surface area contributed by atoms with Crippen LogP contribution in [-0.4, -0.2) is 38.7 Å². The number of hydrogen-bond donors (Lipinski definition) is 2. The fourth-order valence-electron chi connectivity index (χ4n) is 4.23. The van der Waals surface area contributed by atoms with Crippen LogP contribution in [-0.2, 0) is 15.8 Å². The fraction of sp³-hybridized carbons (Fsp3) is 0.421. The molecule has 1 unspecified atom stereocenters. The summed E-state index contributed by atoms with van der Waals surface area (Å²) in [5.74, 6) is -0.997. The highest BCUT2D eigenvalue weighted by Gasteiger charge is 2.27. The number of amides is 1. The quantitative estimate of drug-likeness (QED) is 0.551.